The predicted octanol–water partition coefficient (Wildman–Crippen LogP) is 3.88. The van der Waals surface area contributed by atoms with Crippen molar-refractivity contribution in [2.24, 2.45) is 0 Å². The number of methoxy groups -OCH3 is 1. The Balaban J connectivity index is 1.77. The number of ether oxygens (including phenoxy) is 1. The SMILES string of the molecule is COc1ccccc1C(CNC(=O)c1ccc(C)c(C)c1)N1CCCC1. The second-order valence-corrected chi connectivity index (χ2v) is 7.01. The topological polar surface area (TPSA) is 41.6 Å². The summed E-state index contributed by atoms with van der Waals surface area (Å²) < 4.78 is 5.57. The van der Waals surface area contributed by atoms with Crippen LogP contribution in [0.3, 0.4) is 0 Å². The van der Waals surface area contributed by atoms with E-state index in [-0.39, 0.29) is 11.9 Å². The number of para-hydroxylation sites is 1. The van der Waals surface area contributed by atoms with Crippen LogP contribution in [-0.4, -0.2) is 37.6 Å². The van der Waals surface area contributed by atoms with Crippen LogP contribution in [0.1, 0.15) is 45.9 Å². The molecule has 1 heterocycles. The number of amides is 1. The number of carbonyl (C=O) groups is 1. The molecule has 1 atom stereocenters. The first-order valence-electron chi connectivity index (χ1n) is 9.32. The number of nitrogens with one attached hydrogen (secondary N) is 1. The third kappa shape index (κ3) is 4.07. The van der Waals surface area contributed by atoms with Gasteiger partial charge in [-0.1, -0.05) is 24.3 Å². The summed E-state index contributed by atoms with van der Waals surface area (Å²) in [4.78, 5) is 15.1. The predicted molar refractivity (Wildman–Crippen MR) is 105 cm³/mol. The van der Waals surface area contributed by atoms with Crippen molar-refractivity contribution in [1.82, 2.24) is 10.2 Å². The Bertz CT molecular complexity index is 766. The smallest absolute Gasteiger partial charge is 0.251 e. The van der Waals surface area contributed by atoms with Crippen molar-refractivity contribution in [2.45, 2.75) is 32.7 Å². The fourth-order valence-corrected chi connectivity index (χ4v) is 3.60. The molecule has 0 radical (unpaired) electrons. The van der Waals surface area contributed by atoms with Gasteiger partial charge in [0, 0.05) is 17.7 Å². The molecule has 1 aliphatic heterocycles. The maximum absolute atomic E-state index is 12.7. The van der Waals surface area contributed by atoms with Crippen molar-refractivity contribution in [3.05, 3.63) is 64.7 Å². The normalized spacial score (nSPS) is 15.7. The quantitative estimate of drug-likeness (QED) is 0.858. The molecule has 0 aliphatic carbocycles. The van der Waals surface area contributed by atoms with Crippen molar-refractivity contribution in [3.8, 4) is 5.75 Å². The van der Waals surface area contributed by atoms with Crippen LogP contribution in [-0.2, 0) is 0 Å². The van der Waals surface area contributed by atoms with Gasteiger partial charge in [0.2, 0.25) is 0 Å². The van der Waals surface area contributed by atoms with Crippen LogP contribution in [0.4, 0.5) is 0 Å². The van der Waals surface area contributed by atoms with Crippen molar-refractivity contribution in [1.29, 1.82) is 0 Å². The summed E-state index contributed by atoms with van der Waals surface area (Å²) in [5.74, 6) is 0.858. The Morgan fingerprint density at radius 3 is 2.54 bits per heavy atom. The molecule has 0 aromatic heterocycles. The molecule has 1 aliphatic rings. The Morgan fingerprint density at radius 2 is 1.85 bits per heavy atom. The molecule has 1 amide bonds. The Kier molecular flexibility index (Phi) is 5.94. The van der Waals surface area contributed by atoms with E-state index in [4.69, 9.17) is 4.74 Å². The highest BCUT2D eigenvalue weighted by molar-refractivity contribution is 5.94. The zero-order valence-electron chi connectivity index (χ0n) is 15.9. The van der Waals surface area contributed by atoms with Gasteiger partial charge in [0.15, 0.2) is 0 Å². The molecule has 4 nitrogen and oxygen atoms in total. The van der Waals surface area contributed by atoms with E-state index in [1.807, 2.05) is 43.3 Å². The van der Waals surface area contributed by atoms with E-state index in [0.717, 1.165) is 30.0 Å². The average molecular weight is 352 g/mol. The Labute approximate surface area is 156 Å². The van der Waals surface area contributed by atoms with Crippen LogP contribution in [0.15, 0.2) is 42.5 Å². The number of likely N-dealkylation sites (tertiary alicyclic amines) is 1. The maximum atomic E-state index is 12.7. The van der Waals surface area contributed by atoms with Gasteiger partial charge < -0.3 is 10.1 Å². The van der Waals surface area contributed by atoms with E-state index in [9.17, 15) is 4.79 Å². The first-order chi connectivity index (χ1) is 12.6. The second-order valence-electron chi connectivity index (χ2n) is 7.01. The number of benzene rings is 2. The van der Waals surface area contributed by atoms with Gasteiger partial charge in [-0.2, -0.15) is 0 Å². The summed E-state index contributed by atoms with van der Waals surface area (Å²) in [6.07, 6.45) is 2.41. The van der Waals surface area contributed by atoms with E-state index in [2.05, 4.69) is 23.2 Å². The summed E-state index contributed by atoms with van der Waals surface area (Å²) in [5, 5.41) is 3.14. The molecule has 2 aromatic carbocycles. The van der Waals surface area contributed by atoms with Gasteiger partial charge in [-0.25, -0.2) is 0 Å². The molecular formula is C22H28N2O2. The van der Waals surface area contributed by atoms with Gasteiger partial charge in [0.1, 0.15) is 5.75 Å². The summed E-state index contributed by atoms with van der Waals surface area (Å²) in [6, 6.07) is 14.1. The summed E-state index contributed by atoms with van der Waals surface area (Å²) in [7, 11) is 1.70. The van der Waals surface area contributed by atoms with Crippen molar-refractivity contribution in [2.75, 3.05) is 26.7 Å². The molecule has 3 rings (SSSR count). The van der Waals surface area contributed by atoms with E-state index in [1.54, 1.807) is 7.11 Å². The van der Waals surface area contributed by atoms with Crippen molar-refractivity contribution >= 4 is 5.91 Å². The molecule has 1 unspecified atom stereocenters. The van der Waals surface area contributed by atoms with Gasteiger partial charge in [-0.15, -0.1) is 0 Å². The van der Waals surface area contributed by atoms with Gasteiger partial charge in [-0.3, -0.25) is 9.69 Å². The largest absolute Gasteiger partial charge is 0.496 e. The van der Waals surface area contributed by atoms with Crippen LogP contribution in [0.5, 0.6) is 5.75 Å². The molecular weight excluding hydrogens is 324 g/mol. The maximum Gasteiger partial charge on any atom is 0.251 e. The Hall–Kier alpha value is -2.33. The minimum absolute atomic E-state index is 0.0211. The third-order valence-corrected chi connectivity index (χ3v) is 5.30. The zero-order chi connectivity index (χ0) is 18.5. The van der Waals surface area contributed by atoms with Crippen LogP contribution >= 0.6 is 0 Å². The number of hydrogen-bond donors (Lipinski definition) is 1. The number of aryl methyl sites for hydroxylation is 2. The molecule has 138 valence electrons. The monoisotopic (exact) mass is 352 g/mol. The zero-order valence-corrected chi connectivity index (χ0v) is 15.9. The van der Waals surface area contributed by atoms with Gasteiger partial charge in [-0.05, 0) is 69.1 Å². The van der Waals surface area contributed by atoms with Crippen LogP contribution in [0.2, 0.25) is 0 Å². The summed E-state index contributed by atoms with van der Waals surface area (Å²) in [5.41, 5.74) is 4.19. The van der Waals surface area contributed by atoms with Crippen LogP contribution < -0.4 is 10.1 Å². The molecule has 1 fully saturated rings. The molecule has 1 saturated heterocycles. The molecule has 1 N–H and O–H groups in total. The molecule has 0 bridgehead atoms. The van der Waals surface area contributed by atoms with Gasteiger partial charge in [0.05, 0.1) is 13.2 Å². The molecule has 0 spiro atoms. The lowest BCUT2D eigenvalue weighted by Crippen LogP contribution is -2.37. The fraction of sp³-hybridized carbons (Fsp3) is 0.409. The number of carbonyl (C=O) groups excluding carboxylic acids is 1. The van der Waals surface area contributed by atoms with E-state index < -0.39 is 0 Å². The van der Waals surface area contributed by atoms with Gasteiger partial charge >= 0.3 is 0 Å². The second kappa shape index (κ2) is 8.37. The number of nitrogens with zero attached hydrogens (tertiary/aromatic N) is 1. The lowest BCUT2D eigenvalue weighted by Gasteiger charge is -2.29. The summed E-state index contributed by atoms with van der Waals surface area (Å²) >= 11 is 0. The average Bonchev–Trinajstić information content (AvgIpc) is 3.19. The molecule has 2 aromatic rings. The molecule has 0 saturated carbocycles. The minimum Gasteiger partial charge on any atom is -0.496 e. The van der Waals surface area contributed by atoms with Gasteiger partial charge in [0.25, 0.3) is 5.91 Å². The minimum atomic E-state index is -0.0211. The van der Waals surface area contributed by atoms with E-state index in [0.29, 0.717) is 12.1 Å². The van der Waals surface area contributed by atoms with E-state index in [1.165, 1.54) is 18.4 Å². The number of rotatable bonds is 6. The van der Waals surface area contributed by atoms with Crippen molar-refractivity contribution in [3.63, 3.8) is 0 Å². The molecule has 4 heteroatoms. The fourth-order valence-electron chi connectivity index (χ4n) is 3.60. The van der Waals surface area contributed by atoms with Crippen LogP contribution in [0.25, 0.3) is 0 Å². The standard InChI is InChI=1S/C22H28N2O2/c1-16-10-11-18(14-17(16)2)22(25)23-15-20(24-12-6-7-13-24)19-8-4-5-9-21(19)26-3/h4-5,8-11,14,20H,6-7,12-13,15H2,1-3H3,(H,23,25). The lowest BCUT2D eigenvalue weighted by atomic mass is 10.0. The number of hydrogen-bond acceptors (Lipinski definition) is 3. The Morgan fingerprint density at radius 1 is 1.12 bits per heavy atom. The first-order valence-corrected chi connectivity index (χ1v) is 9.32. The third-order valence-electron chi connectivity index (χ3n) is 5.30. The highest BCUT2D eigenvalue weighted by atomic mass is 16.5. The van der Waals surface area contributed by atoms with Crippen molar-refractivity contribution < 1.29 is 9.53 Å². The highest BCUT2D eigenvalue weighted by Gasteiger charge is 2.26. The van der Waals surface area contributed by atoms with Crippen LogP contribution in [0, 0.1) is 13.8 Å². The summed E-state index contributed by atoms with van der Waals surface area (Å²) in [6.45, 7) is 6.78. The first kappa shape index (κ1) is 18.5. The van der Waals surface area contributed by atoms with E-state index >= 15 is 0 Å². The highest BCUT2D eigenvalue weighted by Crippen LogP contribution is 2.31. The molecule has 26 heavy (non-hydrogen) atoms. The lowest BCUT2D eigenvalue weighted by molar-refractivity contribution is 0.0937.